The molecule has 1 aromatic rings. The van der Waals surface area contributed by atoms with Gasteiger partial charge in [0.2, 0.25) is 0 Å². The van der Waals surface area contributed by atoms with Gasteiger partial charge in [-0.05, 0) is 31.2 Å². The molecule has 1 aromatic carbocycles. The van der Waals surface area contributed by atoms with Gasteiger partial charge in [-0.3, -0.25) is 4.79 Å². The van der Waals surface area contributed by atoms with Crippen LogP contribution >= 0.6 is 0 Å². The van der Waals surface area contributed by atoms with Crippen molar-refractivity contribution in [2.45, 2.75) is 19.6 Å². The van der Waals surface area contributed by atoms with E-state index in [4.69, 9.17) is 10.5 Å². The third-order valence-corrected chi connectivity index (χ3v) is 2.00. The molecular formula is C11H11F2NO4. The molecule has 1 atom stereocenters. The Bertz CT molecular complexity index is 433. The van der Waals surface area contributed by atoms with Gasteiger partial charge in [-0.2, -0.15) is 8.78 Å². The first-order chi connectivity index (χ1) is 8.40. The molecule has 0 spiro atoms. The van der Waals surface area contributed by atoms with Gasteiger partial charge >= 0.3 is 12.6 Å². The van der Waals surface area contributed by atoms with Crippen molar-refractivity contribution in [3.8, 4) is 5.75 Å². The van der Waals surface area contributed by atoms with E-state index >= 15 is 0 Å². The van der Waals surface area contributed by atoms with Crippen molar-refractivity contribution < 1.29 is 27.8 Å². The average molecular weight is 259 g/mol. The first-order valence-corrected chi connectivity index (χ1v) is 4.95. The number of ether oxygens (including phenoxy) is 2. The van der Waals surface area contributed by atoms with E-state index in [-0.39, 0.29) is 11.3 Å². The summed E-state index contributed by atoms with van der Waals surface area (Å²) in [6.45, 7) is -1.60. The topological polar surface area (TPSA) is 78.6 Å². The van der Waals surface area contributed by atoms with Crippen molar-refractivity contribution in [1.29, 1.82) is 0 Å². The summed E-state index contributed by atoms with van der Waals surface area (Å²) in [5, 5.41) is 0. The van der Waals surface area contributed by atoms with Gasteiger partial charge in [-0.15, -0.1) is 0 Å². The van der Waals surface area contributed by atoms with Crippen LogP contribution in [0.25, 0.3) is 0 Å². The van der Waals surface area contributed by atoms with Crippen molar-refractivity contribution in [2.75, 3.05) is 0 Å². The Hall–Kier alpha value is -2.18. The fourth-order valence-electron chi connectivity index (χ4n) is 1.06. The zero-order chi connectivity index (χ0) is 13.7. The van der Waals surface area contributed by atoms with Crippen molar-refractivity contribution in [1.82, 2.24) is 0 Å². The molecule has 0 aliphatic heterocycles. The minimum absolute atomic E-state index is 0.0792. The maximum Gasteiger partial charge on any atom is 0.387 e. The molecule has 1 unspecified atom stereocenters. The Kier molecular flexibility index (Phi) is 4.59. The predicted molar refractivity (Wildman–Crippen MR) is 57.1 cm³/mol. The van der Waals surface area contributed by atoms with Crippen LogP contribution in [0.2, 0.25) is 0 Å². The number of hydrogen-bond donors (Lipinski definition) is 1. The Balaban J connectivity index is 2.67. The Morgan fingerprint density at radius 3 is 2.22 bits per heavy atom. The number of amides is 1. The lowest BCUT2D eigenvalue weighted by Crippen LogP contribution is -2.30. The summed E-state index contributed by atoms with van der Waals surface area (Å²) in [5.41, 5.74) is 5.02. The van der Waals surface area contributed by atoms with Crippen LogP contribution in [0.4, 0.5) is 8.78 Å². The van der Waals surface area contributed by atoms with Crippen molar-refractivity contribution in [3.05, 3.63) is 29.8 Å². The van der Waals surface area contributed by atoms with Gasteiger partial charge in [0.15, 0.2) is 6.10 Å². The summed E-state index contributed by atoms with van der Waals surface area (Å²) >= 11 is 0. The maximum atomic E-state index is 11.9. The first kappa shape index (κ1) is 13.9. The number of nitrogens with two attached hydrogens (primary N) is 1. The average Bonchev–Trinajstić information content (AvgIpc) is 2.28. The lowest BCUT2D eigenvalue weighted by atomic mass is 10.2. The standard InChI is InChI=1S/C11H11F2NO4/c1-6(9(14)15)17-10(16)7-2-4-8(5-3-7)18-11(12)13/h2-6,11H,1H3,(H2,14,15). The van der Waals surface area contributed by atoms with Crippen molar-refractivity contribution in [3.63, 3.8) is 0 Å². The summed E-state index contributed by atoms with van der Waals surface area (Å²) in [5.74, 6) is -1.63. The lowest BCUT2D eigenvalue weighted by molar-refractivity contribution is -0.125. The number of hydrogen-bond acceptors (Lipinski definition) is 4. The van der Waals surface area contributed by atoms with Crippen LogP contribution in [-0.4, -0.2) is 24.6 Å². The van der Waals surface area contributed by atoms with Crippen LogP contribution in [0, 0.1) is 0 Å². The second-order valence-electron chi connectivity index (χ2n) is 3.35. The van der Waals surface area contributed by atoms with Gasteiger partial charge < -0.3 is 15.2 Å². The van der Waals surface area contributed by atoms with E-state index in [9.17, 15) is 18.4 Å². The minimum Gasteiger partial charge on any atom is -0.449 e. The van der Waals surface area contributed by atoms with Crippen LogP contribution in [0.5, 0.6) is 5.75 Å². The largest absolute Gasteiger partial charge is 0.449 e. The molecule has 0 radical (unpaired) electrons. The summed E-state index contributed by atoms with van der Waals surface area (Å²) in [6.07, 6.45) is -1.06. The van der Waals surface area contributed by atoms with E-state index in [1.54, 1.807) is 0 Å². The molecule has 0 heterocycles. The van der Waals surface area contributed by atoms with Crippen LogP contribution in [0.3, 0.4) is 0 Å². The Morgan fingerprint density at radius 2 is 1.78 bits per heavy atom. The highest BCUT2D eigenvalue weighted by molar-refractivity contribution is 5.92. The summed E-state index contributed by atoms with van der Waals surface area (Å²) in [7, 11) is 0. The van der Waals surface area contributed by atoms with E-state index in [0.717, 1.165) is 0 Å². The minimum atomic E-state index is -2.93. The van der Waals surface area contributed by atoms with Crippen LogP contribution < -0.4 is 10.5 Å². The Morgan fingerprint density at radius 1 is 1.22 bits per heavy atom. The summed E-state index contributed by atoms with van der Waals surface area (Å²) in [6, 6.07) is 4.87. The number of halogens is 2. The van der Waals surface area contributed by atoms with Crippen molar-refractivity contribution >= 4 is 11.9 Å². The highest BCUT2D eigenvalue weighted by atomic mass is 19.3. The zero-order valence-corrected chi connectivity index (χ0v) is 9.43. The molecule has 1 rings (SSSR count). The van der Waals surface area contributed by atoms with Gasteiger partial charge in [0, 0.05) is 0 Å². The van der Waals surface area contributed by atoms with E-state index in [0.29, 0.717) is 0 Å². The molecule has 18 heavy (non-hydrogen) atoms. The molecular weight excluding hydrogens is 248 g/mol. The molecule has 0 bridgehead atoms. The van der Waals surface area contributed by atoms with Gasteiger partial charge in [-0.25, -0.2) is 4.79 Å². The number of carbonyl (C=O) groups is 2. The van der Waals surface area contributed by atoms with Crippen molar-refractivity contribution in [2.24, 2.45) is 5.73 Å². The third kappa shape index (κ3) is 4.00. The number of benzene rings is 1. The normalized spacial score (nSPS) is 12.0. The highest BCUT2D eigenvalue weighted by Crippen LogP contribution is 2.15. The van der Waals surface area contributed by atoms with Gasteiger partial charge in [0.1, 0.15) is 5.75 Å². The molecule has 98 valence electrons. The molecule has 2 N–H and O–H groups in total. The molecule has 0 aromatic heterocycles. The lowest BCUT2D eigenvalue weighted by Gasteiger charge is -2.10. The van der Waals surface area contributed by atoms with Gasteiger partial charge in [0.25, 0.3) is 5.91 Å². The fraction of sp³-hybridized carbons (Fsp3) is 0.273. The van der Waals surface area contributed by atoms with E-state index in [1.807, 2.05) is 0 Å². The predicted octanol–water partition coefficient (Wildman–Crippen LogP) is 1.32. The molecule has 0 saturated heterocycles. The molecule has 0 aliphatic carbocycles. The number of rotatable bonds is 5. The van der Waals surface area contributed by atoms with E-state index in [2.05, 4.69) is 4.74 Å². The monoisotopic (exact) mass is 259 g/mol. The number of alkyl halides is 2. The van der Waals surface area contributed by atoms with Gasteiger partial charge in [0.05, 0.1) is 5.56 Å². The SMILES string of the molecule is CC(OC(=O)c1ccc(OC(F)F)cc1)C(N)=O. The van der Waals surface area contributed by atoms with E-state index in [1.165, 1.54) is 31.2 Å². The van der Waals surface area contributed by atoms with Crippen LogP contribution in [-0.2, 0) is 9.53 Å². The second-order valence-corrected chi connectivity index (χ2v) is 3.35. The number of primary amides is 1. The summed E-state index contributed by atoms with van der Waals surface area (Å²) < 4.78 is 32.6. The number of esters is 1. The quantitative estimate of drug-likeness (QED) is 0.809. The first-order valence-electron chi connectivity index (χ1n) is 4.95. The molecule has 0 aliphatic rings. The van der Waals surface area contributed by atoms with E-state index < -0.39 is 24.6 Å². The summed E-state index contributed by atoms with van der Waals surface area (Å²) in [4.78, 5) is 22.2. The molecule has 1 amide bonds. The third-order valence-electron chi connectivity index (χ3n) is 2.00. The maximum absolute atomic E-state index is 11.9. The highest BCUT2D eigenvalue weighted by Gasteiger charge is 2.16. The molecule has 7 heteroatoms. The van der Waals surface area contributed by atoms with Gasteiger partial charge in [-0.1, -0.05) is 0 Å². The smallest absolute Gasteiger partial charge is 0.387 e. The van der Waals surface area contributed by atoms with Crippen LogP contribution in [0.1, 0.15) is 17.3 Å². The number of carbonyl (C=O) groups excluding carboxylic acids is 2. The van der Waals surface area contributed by atoms with Crippen LogP contribution in [0.15, 0.2) is 24.3 Å². The molecule has 5 nitrogen and oxygen atoms in total. The second kappa shape index (κ2) is 5.95. The zero-order valence-electron chi connectivity index (χ0n) is 9.43. The fourth-order valence-corrected chi connectivity index (χ4v) is 1.06. The molecule has 0 fully saturated rings. The molecule has 0 saturated carbocycles. The Labute approximate surface area is 101 Å².